The summed E-state index contributed by atoms with van der Waals surface area (Å²) in [7, 11) is -3.94. The lowest BCUT2D eigenvalue weighted by atomic mass is 10.1. The summed E-state index contributed by atoms with van der Waals surface area (Å²) in [5.74, 6) is -0.651. The molecule has 0 atom stereocenters. The molecule has 0 spiro atoms. The maximum absolute atomic E-state index is 12.9. The minimum atomic E-state index is -3.94. The number of rotatable bonds is 6. The monoisotopic (exact) mass is 525 g/mol. The molecule has 0 saturated carbocycles. The molecule has 0 fully saturated rings. The summed E-state index contributed by atoms with van der Waals surface area (Å²) in [6.45, 7) is -0.179. The Kier molecular flexibility index (Phi) is 5.88. The van der Waals surface area contributed by atoms with Gasteiger partial charge >= 0.3 is 0 Å². The van der Waals surface area contributed by atoms with Gasteiger partial charge in [-0.1, -0.05) is 53.5 Å². The largest absolute Gasteiger partial charge is 0.325 e. The molecule has 7 nitrogen and oxygen atoms in total. The molecule has 0 saturated heterocycles. The van der Waals surface area contributed by atoms with Gasteiger partial charge in [0.1, 0.15) is 6.54 Å². The molecule has 0 unspecified atom stereocenters. The fraction of sp³-hybridized carbons (Fsp3) is 0.0400. The number of hydrogen-bond acceptors (Lipinski definition) is 4. The van der Waals surface area contributed by atoms with Gasteiger partial charge in [0.15, 0.2) is 0 Å². The molecule has 5 rings (SSSR count). The number of benzene rings is 4. The van der Waals surface area contributed by atoms with Gasteiger partial charge in [0.05, 0.1) is 26.3 Å². The van der Waals surface area contributed by atoms with E-state index in [0.717, 1.165) is 10.8 Å². The Hall–Kier alpha value is -3.59. The van der Waals surface area contributed by atoms with Crippen LogP contribution >= 0.6 is 23.2 Å². The number of carbonyl (C=O) groups excluding carboxylic acids is 2. The van der Waals surface area contributed by atoms with E-state index in [2.05, 4.69) is 10.0 Å². The first-order valence-electron chi connectivity index (χ1n) is 10.4. The summed E-state index contributed by atoms with van der Waals surface area (Å²) in [4.78, 5) is 27.0. The normalized spacial score (nSPS) is 12.7. The molecular formula is C25H17Cl2N3O4S. The van der Waals surface area contributed by atoms with Crippen molar-refractivity contribution in [1.82, 2.24) is 0 Å². The second kappa shape index (κ2) is 8.88. The zero-order valence-electron chi connectivity index (χ0n) is 18.0. The fourth-order valence-electron chi connectivity index (χ4n) is 3.98. The molecule has 0 radical (unpaired) electrons. The van der Waals surface area contributed by atoms with Crippen LogP contribution in [0.25, 0.3) is 10.8 Å². The van der Waals surface area contributed by atoms with E-state index in [9.17, 15) is 18.0 Å². The van der Waals surface area contributed by atoms with Crippen LogP contribution in [0.3, 0.4) is 0 Å². The Bertz CT molecular complexity index is 1600. The van der Waals surface area contributed by atoms with Crippen molar-refractivity contribution in [3.05, 3.63) is 94.5 Å². The molecule has 176 valence electrons. The summed E-state index contributed by atoms with van der Waals surface area (Å²) in [5, 5.41) is 4.78. The Morgan fingerprint density at radius 3 is 2.31 bits per heavy atom. The Balaban J connectivity index is 1.29. The van der Waals surface area contributed by atoms with Crippen molar-refractivity contribution < 1.29 is 18.0 Å². The predicted octanol–water partition coefficient (Wildman–Crippen LogP) is 5.55. The number of nitrogens with one attached hydrogen (secondary N) is 2. The third-order valence-corrected chi connectivity index (χ3v) is 7.80. The second-order valence-corrected chi connectivity index (χ2v) is 10.3. The average Bonchev–Trinajstić information content (AvgIpc) is 3.10. The van der Waals surface area contributed by atoms with Crippen molar-refractivity contribution in [3.8, 4) is 0 Å². The van der Waals surface area contributed by atoms with Gasteiger partial charge in [-0.05, 0) is 53.9 Å². The molecule has 2 amide bonds. The van der Waals surface area contributed by atoms with Crippen molar-refractivity contribution in [2.45, 2.75) is 4.90 Å². The molecule has 35 heavy (non-hydrogen) atoms. The lowest BCUT2D eigenvalue weighted by Gasteiger charge is -2.17. The first kappa shape index (κ1) is 23.2. The van der Waals surface area contributed by atoms with Gasteiger partial charge in [0.25, 0.3) is 15.9 Å². The summed E-state index contributed by atoms with van der Waals surface area (Å²) in [6.07, 6.45) is 0. The first-order chi connectivity index (χ1) is 16.7. The third-order valence-electron chi connectivity index (χ3n) is 5.60. The number of hydrogen-bond donors (Lipinski definition) is 2. The quantitative estimate of drug-likeness (QED) is 0.345. The van der Waals surface area contributed by atoms with Crippen LogP contribution in [0.15, 0.2) is 83.8 Å². The van der Waals surface area contributed by atoms with Crippen LogP contribution in [-0.2, 0) is 14.8 Å². The maximum atomic E-state index is 12.9. The highest BCUT2D eigenvalue weighted by Crippen LogP contribution is 2.37. The van der Waals surface area contributed by atoms with E-state index in [-0.39, 0.29) is 33.1 Å². The Morgan fingerprint density at radius 1 is 0.886 bits per heavy atom. The smallest absolute Gasteiger partial charge is 0.261 e. The summed E-state index contributed by atoms with van der Waals surface area (Å²) < 4.78 is 27.8. The highest BCUT2D eigenvalue weighted by atomic mass is 35.5. The molecule has 0 bridgehead atoms. The number of halogens is 2. The fourth-order valence-corrected chi connectivity index (χ4v) is 5.46. The maximum Gasteiger partial charge on any atom is 0.261 e. The molecule has 10 heteroatoms. The molecule has 1 heterocycles. The van der Waals surface area contributed by atoms with Crippen molar-refractivity contribution in [2.24, 2.45) is 0 Å². The van der Waals surface area contributed by atoms with Crippen molar-refractivity contribution in [3.63, 3.8) is 0 Å². The summed E-state index contributed by atoms with van der Waals surface area (Å²) >= 11 is 12.0. The lowest BCUT2D eigenvalue weighted by Crippen LogP contribution is -2.35. The van der Waals surface area contributed by atoms with Crippen LogP contribution < -0.4 is 14.9 Å². The van der Waals surface area contributed by atoms with Gasteiger partial charge in [0, 0.05) is 16.6 Å². The second-order valence-electron chi connectivity index (χ2n) is 7.85. The van der Waals surface area contributed by atoms with E-state index in [4.69, 9.17) is 23.2 Å². The highest BCUT2D eigenvalue weighted by Gasteiger charge is 2.30. The zero-order chi connectivity index (χ0) is 24.7. The van der Waals surface area contributed by atoms with E-state index in [1.54, 1.807) is 18.2 Å². The number of carbonyl (C=O) groups is 2. The van der Waals surface area contributed by atoms with Gasteiger partial charge in [-0.2, -0.15) is 0 Å². The van der Waals surface area contributed by atoms with E-state index in [1.165, 1.54) is 35.2 Å². The van der Waals surface area contributed by atoms with Gasteiger partial charge in [-0.25, -0.2) is 8.42 Å². The third kappa shape index (κ3) is 4.32. The van der Waals surface area contributed by atoms with Gasteiger partial charge < -0.3 is 5.32 Å². The van der Waals surface area contributed by atoms with Crippen LogP contribution in [0, 0.1) is 0 Å². The minimum absolute atomic E-state index is 0.0246. The van der Waals surface area contributed by atoms with Gasteiger partial charge in [0.2, 0.25) is 5.91 Å². The number of nitrogens with zero attached hydrogens (tertiary/aromatic N) is 1. The molecule has 2 N–H and O–H groups in total. The molecule has 4 aromatic rings. The van der Waals surface area contributed by atoms with Crippen LogP contribution in [0.1, 0.15) is 10.4 Å². The Labute approximate surface area is 211 Å². The SMILES string of the molecule is O=C(CN1C(=O)c2cccc3cccc1c23)Nc1ccc(S(=O)(=O)Nc2cccc(Cl)c2Cl)cc1. The standard InChI is InChI=1S/C25H17Cl2N3O4S/c26-19-7-3-8-20(24(19)27)29-35(33,34)17-12-10-16(11-13-17)28-22(31)14-30-21-9-2-5-15-4-1-6-18(23(15)21)25(30)32/h1-13,29H,14H2,(H,28,31). The molecule has 4 aromatic carbocycles. The Morgan fingerprint density at radius 2 is 1.57 bits per heavy atom. The minimum Gasteiger partial charge on any atom is -0.325 e. The molecule has 1 aliphatic rings. The van der Waals surface area contributed by atoms with Crippen LogP contribution in [0.4, 0.5) is 17.1 Å². The first-order valence-corrected chi connectivity index (χ1v) is 12.7. The number of amides is 2. The van der Waals surface area contributed by atoms with E-state index in [0.29, 0.717) is 16.9 Å². The number of anilines is 3. The van der Waals surface area contributed by atoms with Crippen LogP contribution in [0.5, 0.6) is 0 Å². The summed E-state index contributed by atoms with van der Waals surface area (Å²) in [6, 6.07) is 21.3. The molecule has 1 aliphatic heterocycles. The predicted molar refractivity (Wildman–Crippen MR) is 138 cm³/mol. The van der Waals surface area contributed by atoms with Crippen molar-refractivity contribution >= 4 is 72.9 Å². The topological polar surface area (TPSA) is 95.6 Å². The lowest BCUT2D eigenvalue weighted by molar-refractivity contribution is -0.114. The summed E-state index contributed by atoms with van der Waals surface area (Å²) in [5.41, 5.74) is 1.79. The van der Waals surface area contributed by atoms with E-state index < -0.39 is 15.9 Å². The van der Waals surface area contributed by atoms with Crippen molar-refractivity contribution in [2.75, 3.05) is 21.5 Å². The average molecular weight is 526 g/mol. The van der Waals surface area contributed by atoms with E-state index >= 15 is 0 Å². The van der Waals surface area contributed by atoms with E-state index in [1.807, 2.05) is 30.3 Å². The van der Waals surface area contributed by atoms with Crippen molar-refractivity contribution in [1.29, 1.82) is 0 Å². The highest BCUT2D eigenvalue weighted by molar-refractivity contribution is 7.92. The van der Waals surface area contributed by atoms with Gasteiger partial charge in [-0.15, -0.1) is 0 Å². The van der Waals surface area contributed by atoms with Crippen LogP contribution in [0.2, 0.25) is 10.0 Å². The van der Waals surface area contributed by atoms with Crippen LogP contribution in [-0.4, -0.2) is 26.8 Å². The zero-order valence-corrected chi connectivity index (χ0v) is 20.3. The van der Waals surface area contributed by atoms with Gasteiger partial charge in [-0.3, -0.25) is 19.2 Å². The molecular weight excluding hydrogens is 509 g/mol. The molecule has 0 aromatic heterocycles. The number of sulfonamides is 1. The molecule has 0 aliphatic carbocycles.